The van der Waals surface area contributed by atoms with Crippen LogP contribution in [0.2, 0.25) is 0 Å². The number of nitrogens with one attached hydrogen (secondary N) is 1. The van der Waals surface area contributed by atoms with Crippen LogP contribution in [-0.4, -0.2) is 30.0 Å². The molecule has 124 valence electrons. The standard InChI is InChI=1S/C12H11F3N4O3S/c1-18-7-16-19(11(18)21)6-10(20)17-8-4-2-3-5-9(8)23(22)12(13,14)15/h2-5,7H,6H2,1H3,(H,17,20). The molecular weight excluding hydrogens is 337 g/mol. The van der Waals surface area contributed by atoms with E-state index in [1.165, 1.54) is 31.6 Å². The van der Waals surface area contributed by atoms with Crippen molar-refractivity contribution in [2.45, 2.75) is 16.9 Å². The van der Waals surface area contributed by atoms with Crippen LogP contribution in [0.3, 0.4) is 0 Å². The predicted molar refractivity (Wildman–Crippen MR) is 75.0 cm³/mol. The molecule has 1 N–H and O–H groups in total. The molecular formula is C12H11F3N4O3S. The number of para-hydroxylation sites is 1. The van der Waals surface area contributed by atoms with E-state index in [0.717, 1.165) is 15.3 Å². The summed E-state index contributed by atoms with van der Waals surface area (Å²) in [4.78, 5) is 22.8. The first kappa shape index (κ1) is 16.9. The Morgan fingerprint density at radius 2 is 2.00 bits per heavy atom. The number of hydrogen-bond donors (Lipinski definition) is 1. The van der Waals surface area contributed by atoms with Gasteiger partial charge in [-0.25, -0.2) is 13.7 Å². The van der Waals surface area contributed by atoms with Crippen molar-refractivity contribution in [3.05, 3.63) is 41.1 Å². The Balaban J connectivity index is 2.20. The molecule has 11 heteroatoms. The number of carbonyl (C=O) groups excluding carboxylic acids is 1. The zero-order chi connectivity index (χ0) is 17.2. The highest BCUT2D eigenvalue weighted by Crippen LogP contribution is 2.30. The van der Waals surface area contributed by atoms with Gasteiger partial charge in [-0.3, -0.25) is 9.36 Å². The lowest BCUT2D eigenvalue weighted by atomic mass is 10.3. The maximum absolute atomic E-state index is 12.6. The van der Waals surface area contributed by atoms with E-state index >= 15 is 0 Å². The van der Waals surface area contributed by atoms with Crippen LogP contribution in [0, 0.1) is 0 Å². The van der Waals surface area contributed by atoms with Crippen molar-refractivity contribution in [2.75, 3.05) is 5.32 Å². The molecule has 0 radical (unpaired) electrons. The highest BCUT2D eigenvalue weighted by atomic mass is 32.2. The number of carbonyl (C=O) groups is 1. The van der Waals surface area contributed by atoms with Crippen molar-refractivity contribution in [3.63, 3.8) is 0 Å². The molecule has 1 heterocycles. The smallest absolute Gasteiger partial charge is 0.323 e. The van der Waals surface area contributed by atoms with Gasteiger partial charge in [-0.05, 0) is 12.1 Å². The third-order valence-corrected chi connectivity index (χ3v) is 3.93. The lowest BCUT2D eigenvalue weighted by molar-refractivity contribution is -0.117. The number of rotatable bonds is 4. The molecule has 7 nitrogen and oxygen atoms in total. The highest BCUT2D eigenvalue weighted by molar-refractivity contribution is 7.86. The molecule has 0 spiro atoms. The zero-order valence-corrected chi connectivity index (χ0v) is 12.5. The fourth-order valence-corrected chi connectivity index (χ4v) is 2.48. The van der Waals surface area contributed by atoms with Gasteiger partial charge in [0.25, 0.3) is 0 Å². The Bertz CT molecular complexity index is 812. The van der Waals surface area contributed by atoms with Crippen molar-refractivity contribution in [3.8, 4) is 0 Å². The SMILES string of the molecule is Cn1cnn(CC(=O)Nc2ccccc2S(=O)C(F)(F)F)c1=O. The van der Waals surface area contributed by atoms with Crippen molar-refractivity contribution in [1.29, 1.82) is 0 Å². The fraction of sp³-hybridized carbons (Fsp3) is 0.250. The van der Waals surface area contributed by atoms with Crippen LogP contribution in [-0.2, 0) is 29.2 Å². The summed E-state index contributed by atoms with van der Waals surface area (Å²) in [7, 11) is -1.84. The molecule has 0 aliphatic carbocycles. The minimum atomic E-state index is -4.95. The molecule has 1 unspecified atom stereocenters. The first-order chi connectivity index (χ1) is 10.7. The number of amides is 1. The number of aryl methyl sites for hydroxylation is 1. The fourth-order valence-electron chi connectivity index (χ4n) is 1.71. The number of hydrogen-bond acceptors (Lipinski definition) is 4. The Labute approximate surface area is 130 Å². The molecule has 2 aromatic rings. The molecule has 0 saturated carbocycles. The molecule has 0 saturated heterocycles. The van der Waals surface area contributed by atoms with Crippen molar-refractivity contribution in [2.24, 2.45) is 7.05 Å². The molecule has 1 aromatic carbocycles. The van der Waals surface area contributed by atoms with E-state index in [0.29, 0.717) is 0 Å². The second-order valence-electron chi connectivity index (χ2n) is 4.44. The monoisotopic (exact) mass is 348 g/mol. The van der Waals surface area contributed by atoms with Gasteiger partial charge in [0.1, 0.15) is 12.9 Å². The Morgan fingerprint density at radius 1 is 1.35 bits per heavy atom. The number of nitrogens with zero attached hydrogens (tertiary/aromatic N) is 3. The summed E-state index contributed by atoms with van der Waals surface area (Å²) < 4.78 is 51.2. The van der Waals surface area contributed by atoms with Gasteiger partial charge >= 0.3 is 11.2 Å². The zero-order valence-electron chi connectivity index (χ0n) is 11.7. The van der Waals surface area contributed by atoms with Gasteiger partial charge < -0.3 is 5.32 Å². The maximum Gasteiger partial charge on any atom is 0.475 e. The van der Waals surface area contributed by atoms with Crippen molar-refractivity contribution in [1.82, 2.24) is 14.3 Å². The van der Waals surface area contributed by atoms with Crippen LogP contribution in [0.15, 0.2) is 40.3 Å². The number of halogens is 3. The molecule has 0 aliphatic rings. The summed E-state index contributed by atoms with van der Waals surface area (Å²) in [5.41, 5.74) is -5.73. The Morgan fingerprint density at radius 3 is 2.57 bits per heavy atom. The normalized spacial score (nSPS) is 12.9. The third kappa shape index (κ3) is 3.86. The molecule has 1 atom stereocenters. The van der Waals surface area contributed by atoms with Gasteiger partial charge in [0.2, 0.25) is 5.91 Å². The Kier molecular flexibility index (Phi) is 4.68. The number of anilines is 1. The van der Waals surface area contributed by atoms with E-state index in [1.54, 1.807) is 0 Å². The lowest BCUT2D eigenvalue weighted by Crippen LogP contribution is -2.29. The van der Waals surface area contributed by atoms with Crippen LogP contribution in [0.25, 0.3) is 0 Å². The second kappa shape index (κ2) is 6.36. The molecule has 2 rings (SSSR count). The van der Waals surface area contributed by atoms with E-state index in [2.05, 4.69) is 10.4 Å². The lowest BCUT2D eigenvalue weighted by Gasteiger charge is -2.12. The number of aromatic nitrogens is 3. The summed E-state index contributed by atoms with van der Waals surface area (Å²) in [5, 5.41) is 5.87. The van der Waals surface area contributed by atoms with Gasteiger partial charge in [-0.1, -0.05) is 12.1 Å². The van der Waals surface area contributed by atoms with Crippen molar-refractivity contribution >= 4 is 22.4 Å². The second-order valence-corrected chi connectivity index (χ2v) is 5.88. The van der Waals surface area contributed by atoms with E-state index in [1.807, 2.05) is 0 Å². The van der Waals surface area contributed by atoms with Crippen LogP contribution in [0.1, 0.15) is 0 Å². The van der Waals surface area contributed by atoms with E-state index in [-0.39, 0.29) is 5.69 Å². The average molecular weight is 348 g/mol. The van der Waals surface area contributed by atoms with Gasteiger partial charge in [0.15, 0.2) is 10.8 Å². The summed E-state index contributed by atoms with van der Waals surface area (Å²) in [5.74, 6) is -0.766. The molecule has 0 bridgehead atoms. The Hall–Kier alpha value is -2.43. The molecule has 23 heavy (non-hydrogen) atoms. The topological polar surface area (TPSA) is 86.0 Å². The van der Waals surface area contributed by atoms with Crippen molar-refractivity contribution < 1.29 is 22.2 Å². The average Bonchev–Trinajstić information content (AvgIpc) is 2.78. The number of benzene rings is 1. The van der Waals surface area contributed by atoms with Crippen LogP contribution < -0.4 is 11.0 Å². The summed E-state index contributed by atoms with van der Waals surface area (Å²) in [6, 6.07) is 4.86. The third-order valence-electron chi connectivity index (χ3n) is 2.75. The van der Waals surface area contributed by atoms with E-state index in [9.17, 15) is 27.0 Å². The summed E-state index contributed by atoms with van der Waals surface area (Å²) in [6.07, 6.45) is 1.20. The van der Waals surface area contributed by atoms with Crippen LogP contribution in [0.5, 0.6) is 0 Å². The highest BCUT2D eigenvalue weighted by Gasteiger charge is 2.39. The summed E-state index contributed by atoms with van der Waals surface area (Å²) >= 11 is 0. The maximum atomic E-state index is 12.6. The van der Waals surface area contributed by atoms with Gasteiger partial charge in [-0.15, -0.1) is 0 Å². The van der Waals surface area contributed by atoms with Crippen LogP contribution >= 0.6 is 0 Å². The first-order valence-corrected chi connectivity index (χ1v) is 7.31. The predicted octanol–water partition coefficient (Wildman–Crippen LogP) is 0.848. The van der Waals surface area contributed by atoms with Gasteiger partial charge in [0, 0.05) is 7.05 Å². The molecule has 1 amide bonds. The van der Waals surface area contributed by atoms with E-state index in [4.69, 9.17) is 0 Å². The minimum Gasteiger partial charge on any atom is -0.323 e. The van der Waals surface area contributed by atoms with E-state index < -0.39 is 39.3 Å². The number of alkyl halides is 3. The molecule has 1 aromatic heterocycles. The van der Waals surface area contributed by atoms with Gasteiger partial charge in [0.05, 0.1) is 10.6 Å². The largest absolute Gasteiger partial charge is 0.475 e. The quantitative estimate of drug-likeness (QED) is 0.888. The molecule has 0 fully saturated rings. The summed E-state index contributed by atoms with van der Waals surface area (Å²) in [6.45, 7) is -0.480. The minimum absolute atomic E-state index is 0.239. The van der Waals surface area contributed by atoms with Crippen LogP contribution in [0.4, 0.5) is 18.9 Å². The molecule has 0 aliphatic heterocycles. The first-order valence-electron chi connectivity index (χ1n) is 6.16. The van der Waals surface area contributed by atoms with Gasteiger partial charge in [-0.2, -0.15) is 18.3 Å².